The van der Waals surface area contributed by atoms with Gasteiger partial charge in [0.1, 0.15) is 4.83 Å². The Morgan fingerprint density at radius 1 is 1.40 bits per heavy atom. The summed E-state index contributed by atoms with van der Waals surface area (Å²) >= 11 is 3.16. The molecule has 1 saturated heterocycles. The minimum Gasteiger partial charge on any atom is -0.393 e. The Bertz CT molecular complexity index is 690. The molecular formula is C18H27N3O2S2. The van der Waals surface area contributed by atoms with E-state index >= 15 is 0 Å². The Morgan fingerprint density at radius 3 is 2.80 bits per heavy atom. The van der Waals surface area contributed by atoms with Crippen LogP contribution in [0.1, 0.15) is 56.1 Å². The van der Waals surface area contributed by atoms with Gasteiger partial charge in [-0.05, 0) is 52.5 Å². The fourth-order valence-electron chi connectivity index (χ4n) is 3.51. The molecule has 0 saturated carbocycles. The lowest BCUT2D eigenvalue weighted by Crippen LogP contribution is -2.44. The van der Waals surface area contributed by atoms with Crippen molar-refractivity contribution in [3.63, 3.8) is 0 Å². The van der Waals surface area contributed by atoms with E-state index in [1.165, 1.54) is 11.3 Å². The predicted molar refractivity (Wildman–Crippen MR) is 106 cm³/mol. The van der Waals surface area contributed by atoms with E-state index < -0.39 is 0 Å². The number of likely N-dealkylation sites (tertiary alicyclic amines) is 1. The molecule has 0 radical (unpaired) electrons. The lowest BCUT2D eigenvalue weighted by Gasteiger charge is -2.36. The van der Waals surface area contributed by atoms with Crippen LogP contribution in [0.4, 0.5) is 5.13 Å². The molecule has 5 nitrogen and oxygen atoms in total. The lowest BCUT2D eigenvalue weighted by molar-refractivity contribution is 0.0519. The van der Waals surface area contributed by atoms with Crippen molar-refractivity contribution in [3.8, 4) is 0 Å². The zero-order valence-electron chi connectivity index (χ0n) is 15.2. The van der Waals surface area contributed by atoms with Gasteiger partial charge in [-0.25, -0.2) is 4.98 Å². The van der Waals surface area contributed by atoms with Crippen molar-refractivity contribution in [2.24, 2.45) is 0 Å². The molecule has 0 spiro atoms. The Kier molecular flexibility index (Phi) is 5.96. The first kappa shape index (κ1) is 18.6. The monoisotopic (exact) mass is 381 g/mol. The Labute approximate surface area is 157 Å². The normalized spacial score (nSPS) is 19.4. The Balaban J connectivity index is 1.80. The molecule has 2 atom stereocenters. The van der Waals surface area contributed by atoms with E-state index in [2.05, 4.69) is 18.7 Å². The van der Waals surface area contributed by atoms with Gasteiger partial charge in [0.25, 0.3) is 5.91 Å². The van der Waals surface area contributed by atoms with Gasteiger partial charge in [0.05, 0.1) is 15.7 Å². The molecular weight excluding hydrogens is 354 g/mol. The second kappa shape index (κ2) is 8.01. The van der Waals surface area contributed by atoms with Crippen LogP contribution in [0, 0.1) is 0 Å². The minimum absolute atomic E-state index is 0.102. The third-order valence-electron chi connectivity index (χ3n) is 4.82. The van der Waals surface area contributed by atoms with Gasteiger partial charge < -0.3 is 14.9 Å². The molecule has 3 rings (SSSR count). The van der Waals surface area contributed by atoms with Gasteiger partial charge in [-0.1, -0.05) is 11.3 Å². The molecule has 25 heavy (non-hydrogen) atoms. The third kappa shape index (κ3) is 3.99. The number of anilines is 1. The fraction of sp³-hybridized carbons (Fsp3) is 0.667. The SMILES string of the molecule is CCN(CC)c1nc2sc(C(=O)N3CCCC[C@@H]3C[C@@H](C)O)cc2s1. The second-order valence-electron chi connectivity index (χ2n) is 6.68. The maximum atomic E-state index is 13.0. The molecule has 2 aromatic heterocycles. The molecule has 0 bridgehead atoms. The highest BCUT2D eigenvalue weighted by Crippen LogP contribution is 2.36. The predicted octanol–water partition coefficient (Wildman–Crippen LogP) is 3.97. The zero-order valence-corrected chi connectivity index (χ0v) is 16.8. The van der Waals surface area contributed by atoms with Crippen LogP contribution in [0.25, 0.3) is 9.53 Å². The van der Waals surface area contributed by atoms with E-state index in [1.54, 1.807) is 18.3 Å². The number of hydrogen-bond donors (Lipinski definition) is 1. The highest BCUT2D eigenvalue weighted by Gasteiger charge is 2.29. The number of carbonyl (C=O) groups is 1. The van der Waals surface area contributed by atoms with Gasteiger partial charge in [-0.15, -0.1) is 11.3 Å². The highest BCUT2D eigenvalue weighted by atomic mass is 32.1. The summed E-state index contributed by atoms with van der Waals surface area (Å²) in [4.78, 5) is 23.7. The van der Waals surface area contributed by atoms with Crippen LogP contribution in [0.15, 0.2) is 6.07 Å². The highest BCUT2D eigenvalue weighted by molar-refractivity contribution is 7.29. The van der Waals surface area contributed by atoms with Gasteiger partial charge in [-0.2, -0.15) is 0 Å². The number of aromatic nitrogens is 1. The van der Waals surface area contributed by atoms with Gasteiger partial charge in [0.15, 0.2) is 5.13 Å². The molecule has 2 aromatic rings. The van der Waals surface area contributed by atoms with Crippen LogP contribution in [-0.4, -0.2) is 52.7 Å². The number of piperidine rings is 1. The molecule has 138 valence electrons. The number of rotatable bonds is 6. The standard InChI is InChI=1S/C18H27N3O2S2/c1-4-20(5-2)18-19-16-14(25-18)11-15(24-16)17(23)21-9-7-6-8-13(21)10-12(3)22/h11-13,22H,4-10H2,1-3H3/t12-,13-/m1/s1. The summed E-state index contributed by atoms with van der Waals surface area (Å²) in [7, 11) is 0. The van der Waals surface area contributed by atoms with Crippen LogP contribution >= 0.6 is 22.7 Å². The maximum absolute atomic E-state index is 13.0. The summed E-state index contributed by atoms with van der Waals surface area (Å²) in [6.07, 6.45) is 3.46. The van der Waals surface area contributed by atoms with E-state index in [4.69, 9.17) is 4.98 Å². The Morgan fingerprint density at radius 2 is 2.16 bits per heavy atom. The summed E-state index contributed by atoms with van der Waals surface area (Å²) in [5.74, 6) is 0.102. The lowest BCUT2D eigenvalue weighted by atomic mass is 9.97. The summed E-state index contributed by atoms with van der Waals surface area (Å²) in [6, 6.07) is 2.15. The molecule has 0 aliphatic carbocycles. The Hall–Kier alpha value is -1.18. The first-order valence-corrected chi connectivity index (χ1v) is 10.8. The van der Waals surface area contributed by atoms with Crippen LogP contribution in [0.3, 0.4) is 0 Å². The van der Waals surface area contributed by atoms with E-state index in [1.807, 2.05) is 11.0 Å². The van der Waals surface area contributed by atoms with E-state index in [0.29, 0.717) is 6.42 Å². The van der Waals surface area contributed by atoms with Crippen LogP contribution in [-0.2, 0) is 0 Å². The van der Waals surface area contributed by atoms with Crippen molar-refractivity contribution >= 4 is 43.2 Å². The van der Waals surface area contributed by atoms with E-state index in [-0.39, 0.29) is 18.1 Å². The maximum Gasteiger partial charge on any atom is 0.264 e. The molecule has 7 heteroatoms. The van der Waals surface area contributed by atoms with Crippen LogP contribution in [0.2, 0.25) is 0 Å². The topological polar surface area (TPSA) is 56.7 Å². The molecule has 1 N–H and O–H groups in total. The van der Waals surface area contributed by atoms with Gasteiger partial charge >= 0.3 is 0 Å². The van der Waals surface area contributed by atoms with Gasteiger partial charge in [-0.3, -0.25) is 4.79 Å². The number of carbonyl (C=O) groups excluding carboxylic acids is 1. The number of thiophene rings is 1. The zero-order chi connectivity index (χ0) is 18.0. The van der Waals surface area contributed by atoms with Crippen molar-refractivity contribution in [2.45, 2.75) is 58.6 Å². The average Bonchev–Trinajstić information content (AvgIpc) is 3.14. The largest absolute Gasteiger partial charge is 0.393 e. The fourth-order valence-corrected chi connectivity index (χ4v) is 5.80. The summed E-state index contributed by atoms with van der Waals surface area (Å²) in [5, 5.41) is 10.8. The summed E-state index contributed by atoms with van der Waals surface area (Å²) < 4.78 is 1.10. The van der Waals surface area contributed by atoms with Gasteiger partial charge in [0, 0.05) is 25.7 Å². The molecule has 0 unspecified atom stereocenters. The molecule has 0 aromatic carbocycles. The molecule has 1 fully saturated rings. The minimum atomic E-state index is -0.372. The smallest absolute Gasteiger partial charge is 0.264 e. The number of amides is 1. The van der Waals surface area contributed by atoms with Crippen molar-refractivity contribution in [1.82, 2.24) is 9.88 Å². The summed E-state index contributed by atoms with van der Waals surface area (Å²) in [5.41, 5.74) is 0. The first-order valence-electron chi connectivity index (χ1n) is 9.17. The number of fused-ring (bicyclic) bond motifs is 1. The molecule has 1 aliphatic heterocycles. The number of aliphatic hydroxyl groups excluding tert-OH is 1. The van der Waals surface area contributed by atoms with E-state index in [0.717, 1.165) is 58.4 Å². The second-order valence-corrected chi connectivity index (χ2v) is 8.72. The van der Waals surface area contributed by atoms with Crippen LogP contribution < -0.4 is 4.90 Å². The third-order valence-corrected chi connectivity index (χ3v) is 7.03. The van der Waals surface area contributed by atoms with Crippen molar-refractivity contribution in [3.05, 3.63) is 10.9 Å². The summed E-state index contributed by atoms with van der Waals surface area (Å²) in [6.45, 7) is 8.74. The molecule has 1 amide bonds. The van der Waals surface area contributed by atoms with Crippen molar-refractivity contribution in [2.75, 3.05) is 24.5 Å². The van der Waals surface area contributed by atoms with Crippen LogP contribution in [0.5, 0.6) is 0 Å². The molecule has 1 aliphatic rings. The van der Waals surface area contributed by atoms with Crippen molar-refractivity contribution < 1.29 is 9.90 Å². The average molecular weight is 382 g/mol. The van der Waals surface area contributed by atoms with Crippen molar-refractivity contribution in [1.29, 1.82) is 0 Å². The first-order chi connectivity index (χ1) is 12.0. The van der Waals surface area contributed by atoms with E-state index in [9.17, 15) is 9.90 Å². The molecule has 3 heterocycles. The number of thiazole rings is 1. The quantitative estimate of drug-likeness (QED) is 0.823. The van der Waals surface area contributed by atoms with Gasteiger partial charge in [0.2, 0.25) is 0 Å². The number of nitrogens with zero attached hydrogens (tertiary/aromatic N) is 3. The number of aliphatic hydroxyl groups is 1. The number of hydrogen-bond acceptors (Lipinski definition) is 6.